The summed E-state index contributed by atoms with van der Waals surface area (Å²) in [5, 5.41) is 3.23. The molecule has 9 heteroatoms. The number of rotatable bonds is 6. The van der Waals surface area contributed by atoms with Crippen LogP contribution < -0.4 is 5.32 Å². The van der Waals surface area contributed by atoms with Crippen molar-refractivity contribution >= 4 is 39.1 Å². The molecule has 1 fully saturated rings. The smallest absolute Gasteiger partial charge is 0.243 e. The molecule has 1 aliphatic heterocycles. The zero-order chi connectivity index (χ0) is 23.5. The van der Waals surface area contributed by atoms with Crippen molar-refractivity contribution in [2.75, 3.05) is 32.0 Å². The molecule has 0 bridgehead atoms. The summed E-state index contributed by atoms with van der Waals surface area (Å²) >= 11 is 5.92. The quantitative estimate of drug-likeness (QED) is 0.690. The molecule has 0 aromatic heterocycles. The van der Waals surface area contributed by atoms with E-state index in [0.717, 1.165) is 5.56 Å². The SMILES string of the molecule is Cc1ccc(S(=O)(=O)N2CCC(C(=O)N(C)CC(=O)Nc3cccc(Cl)c3)CC2)c(C)c1. The van der Waals surface area contributed by atoms with Crippen molar-refractivity contribution in [3.8, 4) is 0 Å². The number of amides is 2. The van der Waals surface area contributed by atoms with Gasteiger partial charge >= 0.3 is 0 Å². The third-order valence-electron chi connectivity index (χ3n) is 5.62. The molecule has 2 aromatic rings. The van der Waals surface area contributed by atoms with Crippen molar-refractivity contribution in [2.45, 2.75) is 31.6 Å². The first kappa shape index (κ1) is 24.2. The first-order valence-corrected chi connectivity index (χ1v) is 12.3. The van der Waals surface area contributed by atoms with Gasteiger partial charge in [0.05, 0.1) is 11.4 Å². The van der Waals surface area contributed by atoms with Crippen LogP contribution >= 0.6 is 11.6 Å². The number of sulfonamides is 1. The third-order valence-corrected chi connectivity index (χ3v) is 7.91. The molecule has 7 nitrogen and oxygen atoms in total. The lowest BCUT2D eigenvalue weighted by Gasteiger charge is -2.32. The predicted octanol–water partition coefficient (Wildman–Crippen LogP) is 3.45. The molecule has 2 aromatic carbocycles. The summed E-state index contributed by atoms with van der Waals surface area (Å²) in [7, 11) is -2.02. The number of aryl methyl sites for hydroxylation is 2. The van der Waals surface area contributed by atoms with Gasteiger partial charge in [-0.1, -0.05) is 35.4 Å². The van der Waals surface area contributed by atoms with Crippen molar-refractivity contribution < 1.29 is 18.0 Å². The van der Waals surface area contributed by atoms with Crippen LogP contribution in [0.3, 0.4) is 0 Å². The molecule has 0 saturated carbocycles. The molecule has 2 amide bonds. The number of hydrogen-bond acceptors (Lipinski definition) is 4. The highest BCUT2D eigenvalue weighted by molar-refractivity contribution is 7.89. The Bertz CT molecular complexity index is 1110. The maximum atomic E-state index is 13.0. The fourth-order valence-corrected chi connectivity index (χ4v) is 5.81. The number of nitrogens with zero attached hydrogens (tertiary/aromatic N) is 2. The van der Waals surface area contributed by atoms with Gasteiger partial charge in [0.1, 0.15) is 0 Å². The number of carbonyl (C=O) groups excluding carboxylic acids is 2. The average Bonchev–Trinajstić information content (AvgIpc) is 2.73. The number of piperidine rings is 1. The Kier molecular flexibility index (Phi) is 7.59. The number of benzene rings is 2. The number of nitrogens with one attached hydrogen (secondary N) is 1. The van der Waals surface area contributed by atoms with Gasteiger partial charge in [-0.15, -0.1) is 0 Å². The Labute approximate surface area is 194 Å². The van der Waals surface area contributed by atoms with Crippen molar-refractivity contribution in [3.63, 3.8) is 0 Å². The monoisotopic (exact) mass is 477 g/mol. The molecule has 3 rings (SSSR count). The van der Waals surface area contributed by atoms with E-state index in [4.69, 9.17) is 11.6 Å². The van der Waals surface area contributed by atoms with Gasteiger partial charge in [-0.05, 0) is 56.5 Å². The lowest BCUT2D eigenvalue weighted by molar-refractivity contribution is -0.138. The highest BCUT2D eigenvalue weighted by atomic mass is 35.5. The van der Waals surface area contributed by atoms with Crippen LogP contribution in [0.1, 0.15) is 24.0 Å². The molecule has 32 heavy (non-hydrogen) atoms. The second-order valence-corrected chi connectivity index (χ2v) is 10.5. The van der Waals surface area contributed by atoms with Crippen molar-refractivity contribution in [2.24, 2.45) is 5.92 Å². The van der Waals surface area contributed by atoms with E-state index in [9.17, 15) is 18.0 Å². The number of hydrogen-bond donors (Lipinski definition) is 1. The van der Waals surface area contributed by atoms with E-state index in [1.807, 2.05) is 13.0 Å². The maximum absolute atomic E-state index is 13.0. The second kappa shape index (κ2) is 10.0. The molecule has 0 spiro atoms. The molecular weight excluding hydrogens is 450 g/mol. The molecular formula is C23H28ClN3O4S. The minimum absolute atomic E-state index is 0.0909. The second-order valence-electron chi connectivity index (χ2n) is 8.20. The zero-order valence-electron chi connectivity index (χ0n) is 18.5. The average molecular weight is 478 g/mol. The summed E-state index contributed by atoms with van der Waals surface area (Å²) < 4.78 is 27.5. The Balaban J connectivity index is 1.56. The maximum Gasteiger partial charge on any atom is 0.243 e. The van der Waals surface area contributed by atoms with Crippen LogP contribution in [0.4, 0.5) is 5.69 Å². The minimum Gasteiger partial charge on any atom is -0.336 e. The van der Waals surface area contributed by atoms with Crippen LogP contribution in [-0.4, -0.2) is 56.1 Å². The van der Waals surface area contributed by atoms with E-state index in [1.165, 1.54) is 9.21 Å². The Morgan fingerprint density at radius 3 is 2.44 bits per heavy atom. The molecule has 1 heterocycles. The van der Waals surface area contributed by atoms with E-state index >= 15 is 0 Å². The normalized spacial score (nSPS) is 15.4. The van der Waals surface area contributed by atoms with Crippen LogP contribution in [0.25, 0.3) is 0 Å². The van der Waals surface area contributed by atoms with Crippen LogP contribution in [0.5, 0.6) is 0 Å². The summed E-state index contributed by atoms with van der Waals surface area (Å²) in [6, 6.07) is 12.1. The molecule has 0 atom stereocenters. The van der Waals surface area contributed by atoms with Crippen LogP contribution in [-0.2, 0) is 19.6 Å². The standard InChI is InChI=1S/C23H28ClN3O4S/c1-16-7-8-21(17(2)13-16)32(30,31)27-11-9-18(10-12-27)23(29)26(3)15-22(28)25-20-6-4-5-19(24)14-20/h4-8,13-14,18H,9-12,15H2,1-3H3,(H,25,28). The van der Waals surface area contributed by atoms with Gasteiger partial charge in [-0.2, -0.15) is 4.31 Å². The largest absolute Gasteiger partial charge is 0.336 e. The topological polar surface area (TPSA) is 86.8 Å². The molecule has 1 aliphatic rings. The predicted molar refractivity (Wildman–Crippen MR) is 125 cm³/mol. The zero-order valence-corrected chi connectivity index (χ0v) is 20.0. The van der Waals surface area contributed by atoms with E-state index in [2.05, 4.69) is 5.32 Å². The molecule has 0 aliphatic carbocycles. The Morgan fingerprint density at radius 2 is 1.81 bits per heavy atom. The lowest BCUT2D eigenvalue weighted by atomic mass is 9.96. The molecule has 172 valence electrons. The van der Waals surface area contributed by atoms with Gasteiger partial charge in [0.2, 0.25) is 21.8 Å². The van der Waals surface area contributed by atoms with E-state index in [1.54, 1.807) is 50.4 Å². The van der Waals surface area contributed by atoms with E-state index in [-0.39, 0.29) is 37.4 Å². The van der Waals surface area contributed by atoms with Crippen molar-refractivity contribution in [1.82, 2.24) is 9.21 Å². The number of anilines is 1. The number of likely N-dealkylation sites (N-methyl/N-ethyl adjacent to an activating group) is 1. The Morgan fingerprint density at radius 1 is 1.12 bits per heavy atom. The first-order chi connectivity index (χ1) is 15.1. The minimum atomic E-state index is -3.60. The summed E-state index contributed by atoms with van der Waals surface area (Å²) in [6.07, 6.45) is 0.840. The fourth-order valence-electron chi connectivity index (χ4n) is 3.94. The number of carbonyl (C=O) groups is 2. The van der Waals surface area contributed by atoms with E-state index < -0.39 is 10.0 Å². The number of halogens is 1. The van der Waals surface area contributed by atoms with Crippen molar-refractivity contribution in [3.05, 3.63) is 58.6 Å². The van der Waals surface area contributed by atoms with Crippen LogP contribution in [0.2, 0.25) is 5.02 Å². The van der Waals surface area contributed by atoms with Crippen LogP contribution in [0.15, 0.2) is 47.4 Å². The van der Waals surface area contributed by atoms with E-state index in [0.29, 0.717) is 34.0 Å². The molecule has 0 radical (unpaired) electrons. The first-order valence-electron chi connectivity index (χ1n) is 10.5. The third kappa shape index (κ3) is 5.68. The van der Waals surface area contributed by atoms with Gasteiger partial charge in [0.25, 0.3) is 0 Å². The lowest BCUT2D eigenvalue weighted by Crippen LogP contribution is -2.45. The van der Waals surface area contributed by atoms with Gasteiger partial charge in [0, 0.05) is 36.8 Å². The van der Waals surface area contributed by atoms with Gasteiger partial charge in [-0.25, -0.2) is 8.42 Å². The summed E-state index contributed by atoms with van der Waals surface area (Å²) in [5.41, 5.74) is 2.29. The van der Waals surface area contributed by atoms with Gasteiger partial charge in [0.15, 0.2) is 0 Å². The van der Waals surface area contributed by atoms with Crippen molar-refractivity contribution in [1.29, 1.82) is 0 Å². The highest BCUT2D eigenvalue weighted by Gasteiger charge is 2.34. The highest BCUT2D eigenvalue weighted by Crippen LogP contribution is 2.27. The summed E-state index contributed by atoms with van der Waals surface area (Å²) in [4.78, 5) is 26.8. The fraction of sp³-hybridized carbons (Fsp3) is 0.391. The van der Waals surface area contributed by atoms with Gasteiger partial charge in [-0.3, -0.25) is 9.59 Å². The van der Waals surface area contributed by atoms with Crippen LogP contribution in [0, 0.1) is 19.8 Å². The summed E-state index contributed by atoms with van der Waals surface area (Å²) in [6.45, 7) is 4.17. The Hall–Kier alpha value is -2.42. The molecule has 0 unspecified atom stereocenters. The summed E-state index contributed by atoms with van der Waals surface area (Å²) in [5.74, 6) is -0.794. The molecule has 1 saturated heterocycles. The molecule has 1 N–H and O–H groups in total. The van der Waals surface area contributed by atoms with Gasteiger partial charge < -0.3 is 10.2 Å².